The lowest BCUT2D eigenvalue weighted by atomic mass is 10.1. The molecule has 0 radical (unpaired) electrons. The van der Waals surface area contributed by atoms with E-state index < -0.39 is 11.7 Å². The molecule has 1 aromatic carbocycles. The van der Waals surface area contributed by atoms with Gasteiger partial charge in [-0.15, -0.1) is 0 Å². The van der Waals surface area contributed by atoms with Crippen molar-refractivity contribution < 1.29 is 27.4 Å². The lowest BCUT2D eigenvalue weighted by molar-refractivity contribution is -0.137. The Balaban J connectivity index is 1.52. The number of nitrogens with one attached hydrogen (secondary N) is 2. The zero-order valence-electron chi connectivity index (χ0n) is 16.1. The third-order valence-corrected chi connectivity index (χ3v) is 4.20. The first-order valence-corrected chi connectivity index (χ1v) is 9.39. The van der Waals surface area contributed by atoms with Gasteiger partial charge in [0.2, 0.25) is 0 Å². The molecule has 0 spiro atoms. The van der Waals surface area contributed by atoms with E-state index in [4.69, 9.17) is 14.2 Å². The minimum Gasteiger partial charge on any atom is -0.492 e. The average molecular weight is 403 g/mol. The largest absolute Gasteiger partial charge is 0.492 e. The number of rotatable bonds is 10. The quantitative estimate of drug-likeness (QED) is 0.357. The van der Waals surface area contributed by atoms with Crippen LogP contribution in [0.25, 0.3) is 0 Å². The van der Waals surface area contributed by atoms with Crippen LogP contribution in [-0.2, 0) is 15.7 Å². The van der Waals surface area contributed by atoms with Gasteiger partial charge >= 0.3 is 6.18 Å². The Morgan fingerprint density at radius 2 is 1.93 bits per heavy atom. The van der Waals surface area contributed by atoms with E-state index in [0.717, 1.165) is 51.3 Å². The van der Waals surface area contributed by atoms with Crippen LogP contribution in [0.2, 0.25) is 0 Å². The van der Waals surface area contributed by atoms with Crippen molar-refractivity contribution >= 4 is 5.96 Å². The van der Waals surface area contributed by atoms with Crippen molar-refractivity contribution in [3.63, 3.8) is 0 Å². The summed E-state index contributed by atoms with van der Waals surface area (Å²) in [6.07, 6.45) is -2.41. The maximum atomic E-state index is 12.5. The predicted octanol–water partition coefficient (Wildman–Crippen LogP) is 2.69. The first kappa shape index (κ1) is 22.3. The van der Waals surface area contributed by atoms with Crippen LogP contribution in [0.3, 0.4) is 0 Å². The molecule has 0 aliphatic carbocycles. The minimum atomic E-state index is -4.34. The molecule has 1 fully saturated rings. The highest BCUT2D eigenvalue weighted by Crippen LogP contribution is 2.30. The number of halogens is 3. The van der Waals surface area contributed by atoms with Gasteiger partial charge in [0.15, 0.2) is 5.96 Å². The number of benzene rings is 1. The molecule has 1 aliphatic rings. The third kappa shape index (κ3) is 8.35. The number of hydrogen-bond donors (Lipinski definition) is 2. The van der Waals surface area contributed by atoms with E-state index in [9.17, 15) is 13.2 Å². The Morgan fingerprint density at radius 3 is 2.57 bits per heavy atom. The van der Waals surface area contributed by atoms with E-state index in [1.165, 1.54) is 12.1 Å². The highest BCUT2D eigenvalue weighted by Gasteiger charge is 2.29. The smallest absolute Gasteiger partial charge is 0.416 e. The Hall–Kier alpha value is -2.00. The summed E-state index contributed by atoms with van der Waals surface area (Å²) in [6.45, 7) is 4.55. The fraction of sp³-hybridized carbons (Fsp3) is 0.632. The topological polar surface area (TPSA) is 64.1 Å². The summed E-state index contributed by atoms with van der Waals surface area (Å²) < 4.78 is 53.9. The minimum absolute atomic E-state index is 0.304. The maximum Gasteiger partial charge on any atom is 0.416 e. The second-order valence-electron chi connectivity index (χ2n) is 6.45. The van der Waals surface area contributed by atoms with Gasteiger partial charge < -0.3 is 24.8 Å². The molecule has 28 heavy (non-hydrogen) atoms. The number of hydrogen-bond acceptors (Lipinski definition) is 4. The molecule has 9 heteroatoms. The molecule has 2 N–H and O–H groups in total. The Kier molecular flexibility index (Phi) is 9.36. The van der Waals surface area contributed by atoms with E-state index in [1.54, 1.807) is 7.05 Å². The molecule has 158 valence electrons. The zero-order chi connectivity index (χ0) is 20.2. The van der Waals surface area contributed by atoms with E-state index in [-0.39, 0.29) is 0 Å². The summed E-state index contributed by atoms with van der Waals surface area (Å²) in [6, 6.07) is 4.64. The van der Waals surface area contributed by atoms with Gasteiger partial charge in [0.1, 0.15) is 12.4 Å². The molecule has 1 aliphatic heterocycles. The summed E-state index contributed by atoms with van der Waals surface area (Å²) in [4.78, 5) is 4.11. The van der Waals surface area contributed by atoms with Gasteiger partial charge in [-0.05, 0) is 37.1 Å². The number of alkyl halides is 3. The van der Waals surface area contributed by atoms with Gasteiger partial charge in [0, 0.05) is 32.7 Å². The van der Waals surface area contributed by atoms with E-state index >= 15 is 0 Å². The predicted molar refractivity (Wildman–Crippen MR) is 101 cm³/mol. The van der Waals surface area contributed by atoms with E-state index in [0.29, 0.717) is 37.4 Å². The van der Waals surface area contributed by atoms with Crippen molar-refractivity contribution in [3.05, 3.63) is 29.8 Å². The molecule has 6 nitrogen and oxygen atoms in total. The summed E-state index contributed by atoms with van der Waals surface area (Å²) >= 11 is 0. The van der Waals surface area contributed by atoms with Crippen LogP contribution in [0.15, 0.2) is 29.3 Å². The maximum absolute atomic E-state index is 12.5. The molecular weight excluding hydrogens is 375 g/mol. The molecule has 0 saturated carbocycles. The zero-order valence-corrected chi connectivity index (χ0v) is 16.1. The SMILES string of the molecule is CN=C(NCCCOCC1CCOC1)NCCOc1ccc(C(F)(F)F)cc1. The van der Waals surface area contributed by atoms with Gasteiger partial charge in [-0.2, -0.15) is 13.2 Å². The number of ether oxygens (including phenoxy) is 3. The van der Waals surface area contributed by atoms with Crippen LogP contribution in [-0.4, -0.2) is 59.1 Å². The van der Waals surface area contributed by atoms with Crippen LogP contribution in [0.4, 0.5) is 13.2 Å². The van der Waals surface area contributed by atoms with Crippen LogP contribution < -0.4 is 15.4 Å². The molecule has 1 heterocycles. The molecule has 1 unspecified atom stereocenters. The summed E-state index contributed by atoms with van der Waals surface area (Å²) in [5.41, 5.74) is -0.692. The monoisotopic (exact) mass is 403 g/mol. The lowest BCUT2D eigenvalue weighted by Gasteiger charge is -2.13. The molecule has 0 bridgehead atoms. The van der Waals surface area contributed by atoms with Crippen molar-refractivity contribution in [2.24, 2.45) is 10.9 Å². The van der Waals surface area contributed by atoms with Crippen LogP contribution >= 0.6 is 0 Å². The highest BCUT2D eigenvalue weighted by atomic mass is 19.4. The van der Waals surface area contributed by atoms with Gasteiger partial charge in [0.25, 0.3) is 0 Å². The van der Waals surface area contributed by atoms with Crippen molar-refractivity contribution in [1.29, 1.82) is 0 Å². The van der Waals surface area contributed by atoms with Crippen molar-refractivity contribution in [3.8, 4) is 5.75 Å². The standard InChI is InChI=1S/C19H28F3N3O3/c1-23-18(24-8-2-10-26-13-15-7-11-27-14-15)25-9-12-28-17-5-3-16(4-6-17)19(20,21)22/h3-6,15H,2,7-14H2,1H3,(H2,23,24,25). The van der Waals surface area contributed by atoms with Crippen molar-refractivity contribution in [1.82, 2.24) is 10.6 Å². The first-order chi connectivity index (χ1) is 13.5. The molecule has 0 amide bonds. The van der Waals surface area contributed by atoms with Gasteiger partial charge in [-0.1, -0.05) is 0 Å². The molecule has 0 aromatic heterocycles. The van der Waals surface area contributed by atoms with Gasteiger partial charge in [-0.25, -0.2) is 0 Å². The summed E-state index contributed by atoms with van der Waals surface area (Å²) in [7, 11) is 1.67. The van der Waals surface area contributed by atoms with Gasteiger partial charge in [0.05, 0.1) is 25.3 Å². The van der Waals surface area contributed by atoms with Gasteiger partial charge in [-0.3, -0.25) is 4.99 Å². The summed E-state index contributed by atoms with van der Waals surface area (Å²) in [5, 5.41) is 6.26. The van der Waals surface area contributed by atoms with Crippen LogP contribution in [0, 0.1) is 5.92 Å². The lowest BCUT2D eigenvalue weighted by Crippen LogP contribution is -2.39. The average Bonchev–Trinajstić information content (AvgIpc) is 3.19. The molecule has 1 saturated heterocycles. The number of aliphatic imine (C=N–C) groups is 1. The second-order valence-corrected chi connectivity index (χ2v) is 6.45. The fourth-order valence-corrected chi connectivity index (χ4v) is 2.64. The van der Waals surface area contributed by atoms with E-state index in [2.05, 4.69) is 15.6 Å². The third-order valence-electron chi connectivity index (χ3n) is 4.20. The Morgan fingerprint density at radius 1 is 1.18 bits per heavy atom. The highest BCUT2D eigenvalue weighted by molar-refractivity contribution is 5.79. The Labute approximate surface area is 163 Å². The first-order valence-electron chi connectivity index (χ1n) is 9.39. The van der Waals surface area contributed by atoms with E-state index in [1.807, 2.05) is 0 Å². The number of nitrogens with zero attached hydrogens (tertiary/aromatic N) is 1. The second kappa shape index (κ2) is 11.8. The molecular formula is C19H28F3N3O3. The van der Waals surface area contributed by atoms with Crippen molar-refractivity contribution in [2.75, 3.05) is 53.2 Å². The number of guanidine groups is 1. The van der Waals surface area contributed by atoms with Crippen molar-refractivity contribution in [2.45, 2.75) is 19.0 Å². The normalized spacial score (nSPS) is 17.6. The van der Waals surface area contributed by atoms with Crippen LogP contribution in [0.1, 0.15) is 18.4 Å². The Bertz CT molecular complexity index is 588. The summed E-state index contributed by atoms with van der Waals surface area (Å²) in [5.74, 6) is 1.55. The molecule has 1 atom stereocenters. The van der Waals surface area contributed by atoms with Crippen LogP contribution in [0.5, 0.6) is 5.75 Å². The fourth-order valence-electron chi connectivity index (χ4n) is 2.64. The molecule has 1 aromatic rings. The molecule has 2 rings (SSSR count).